The molecule has 0 heterocycles. The van der Waals surface area contributed by atoms with E-state index in [2.05, 4.69) is 0 Å². The van der Waals surface area contributed by atoms with E-state index >= 15 is 0 Å². The van der Waals surface area contributed by atoms with Crippen LogP contribution in [-0.4, -0.2) is 30.5 Å². The topological polar surface area (TPSA) is 55.5 Å². The quantitative estimate of drug-likeness (QED) is 0.694. The van der Waals surface area contributed by atoms with Gasteiger partial charge in [-0.2, -0.15) is 0 Å². The second-order valence-electron chi connectivity index (χ2n) is 3.18. The molecule has 1 saturated carbocycles. The molecule has 1 atom stereocenters. The van der Waals surface area contributed by atoms with Gasteiger partial charge in [0.2, 0.25) is 0 Å². The van der Waals surface area contributed by atoms with E-state index < -0.39 is 0 Å². The fourth-order valence-corrected chi connectivity index (χ4v) is 1.37. The molecule has 0 saturated heterocycles. The first-order valence-electron chi connectivity index (χ1n) is 4.31. The van der Waals surface area contributed by atoms with Gasteiger partial charge in [0.1, 0.15) is 0 Å². The molecule has 74 valence electrons. The first-order valence-corrected chi connectivity index (χ1v) is 4.31. The minimum Gasteiger partial charge on any atom is -0.395 e. The first-order chi connectivity index (χ1) is 5.33. The van der Waals surface area contributed by atoms with E-state index in [0.717, 1.165) is 12.8 Å². The molecule has 0 aromatic carbocycles. The highest BCUT2D eigenvalue weighted by molar-refractivity contribution is 5.85. The average Bonchev–Trinajstić information content (AvgIpc) is 2.52. The summed E-state index contributed by atoms with van der Waals surface area (Å²) in [6, 6.07) is -0.199. The smallest absolute Gasteiger partial charge is 0.0643 e. The van der Waals surface area contributed by atoms with E-state index in [1.807, 2.05) is 0 Å². The molecular formula is C8H18ClNO2. The molecule has 0 aromatic rings. The molecule has 3 nitrogen and oxygen atoms in total. The number of ether oxygens (including phenoxy) is 1. The van der Waals surface area contributed by atoms with Crippen LogP contribution in [0.1, 0.15) is 25.7 Å². The SMILES string of the molecule is Cl.N[C@@H](CO)COC1CCCC1. The van der Waals surface area contributed by atoms with E-state index in [0.29, 0.717) is 12.7 Å². The zero-order valence-corrected chi connectivity index (χ0v) is 8.05. The third-order valence-electron chi connectivity index (χ3n) is 2.08. The normalized spacial score (nSPS) is 20.5. The van der Waals surface area contributed by atoms with Crippen LogP contribution in [0.2, 0.25) is 0 Å². The fraction of sp³-hybridized carbons (Fsp3) is 1.00. The van der Waals surface area contributed by atoms with Crippen molar-refractivity contribution in [1.29, 1.82) is 0 Å². The van der Waals surface area contributed by atoms with Gasteiger partial charge >= 0.3 is 0 Å². The highest BCUT2D eigenvalue weighted by Crippen LogP contribution is 2.20. The van der Waals surface area contributed by atoms with Crippen molar-refractivity contribution in [3.8, 4) is 0 Å². The molecular weight excluding hydrogens is 178 g/mol. The molecule has 1 fully saturated rings. The number of rotatable bonds is 4. The van der Waals surface area contributed by atoms with Gasteiger partial charge in [0.05, 0.1) is 25.4 Å². The number of halogens is 1. The Hall–Kier alpha value is 0.170. The maximum atomic E-state index is 8.60. The summed E-state index contributed by atoms with van der Waals surface area (Å²) in [6.07, 6.45) is 5.29. The fourth-order valence-electron chi connectivity index (χ4n) is 1.37. The van der Waals surface area contributed by atoms with Gasteiger partial charge in [0, 0.05) is 0 Å². The van der Waals surface area contributed by atoms with E-state index in [1.54, 1.807) is 0 Å². The van der Waals surface area contributed by atoms with Crippen LogP contribution in [-0.2, 0) is 4.74 Å². The van der Waals surface area contributed by atoms with Crippen molar-refractivity contribution in [3.05, 3.63) is 0 Å². The molecule has 0 radical (unpaired) electrons. The van der Waals surface area contributed by atoms with Gasteiger partial charge in [-0.25, -0.2) is 0 Å². The summed E-state index contributed by atoms with van der Waals surface area (Å²) in [4.78, 5) is 0. The minimum absolute atomic E-state index is 0. The molecule has 1 aliphatic carbocycles. The molecule has 0 spiro atoms. The molecule has 12 heavy (non-hydrogen) atoms. The van der Waals surface area contributed by atoms with E-state index in [4.69, 9.17) is 15.6 Å². The zero-order chi connectivity index (χ0) is 8.10. The summed E-state index contributed by atoms with van der Waals surface area (Å²) in [7, 11) is 0. The molecule has 0 bridgehead atoms. The minimum atomic E-state index is -0.199. The lowest BCUT2D eigenvalue weighted by Gasteiger charge is -2.13. The van der Waals surface area contributed by atoms with Gasteiger partial charge in [-0.05, 0) is 12.8 Å². The third-order valence-corrected chi connectivity index (χ3v) is 2.08. The maximum Gasteiger partial charge on any atom is 0.0643 e. The Morgan fingerprint density at radius 2 is 2.00 bits per heavy atom. The predicted molar refractivity (Wildman–Crippen MR) is 50.5 cm³/mol. The first kappa shape index (κ1) is 12.2. The van der Waals surface area contributed by atoms with E-state index in [-0.39, 0.29) is 25.1 Å². The van der Waals surface area contributed by atoms with Crippen LogP contribution in [0.25, 0.3) is 0 Å². The largest absolute Gasteiger partial charge is 0.395 e. The highest BCUT2D eigenvalue weighted by Gasteiger charge is 2.15. The van der Waals surface area contributed by atoms with Gasteiger partial charge in [0.15, 0.2) is 0 Å². The van der Waals surface area contributed by atoms with Gasteiger partial charge in [-0.1, -0.05) is 12.8 Å². The van der Waals surface area contributed by atoms with Crippen molar-refractivity contribution in [2.24, 2.45) is 5.73 Å². The summed E-state index contributed by atoms with van der Waals surface area (Å²) in [5.74, 6) is 0. The molecule has 0 unspecified atom stereocenters. The number of hydrogen-bond acceptors (Lipinski definition) is 3. The van der Waals surface area contributed by atoms with Crippen molar-refractivity contribution in [2.75, 3.05) is 13.2 Å². The molecule has 0 amide bonds. The summed E-state index contributed by atoms with van der Waals surface area (Å²) >= 11 is 0. The highest BCUT2D eigenvalue weighted by atomic mass is 35.5. The molecule has 1 rings (SSSR count). The molecule has 0 aromatic heterocycles. The van der Waals surface area contributed by atoms with Gasteiger partial charge in [-0.3, -0.25) is 0 Å². The Morgan fingerprint density at radius 1 is 1.42 bits per heavy atom. The number of aliphatic hydroxyl groups is 1. The number of nitrogens with two attached hydrogens (primary N) is 1. The van der Waals surface area contributed by atoms with E-state index in [9.17, 15) is 0 Å². The van der Waals surface area contributed by atoms with Crippen LogP contribution < -0.4 is 5.73 Å². The van der Waals surface area contributed by atoms with Crippen molar-refractivity contribution >= 4 is 12.4 Å². The molecule has 4 heteroatoms. The zero-order valence-electron chi connectivity index (χ0n) is 7.24. The van der Waals surface area contributed by atoms with Crippen molar-refractivity contribution < 1.29 is 9.84 Å². The summed E-state index contributed by atoms with van der Waals surface area (Å²) in [5, 5.41) is 8.60. The van der Waals surface area contributed by atoms with Crippen LogP contribution in [0.4, 0.5) is 0 Å². The number of aliphatic hydroxyl groups excluding tert-OH is 1. The molecule has 3 N–H and O–H groups in total. The lowest BCUT2D eigenvalue weighted by molar-refractivity contribution is 0.0390. The standard InChI is InChI=1S/C8H17NO2.ClH/c9-7(5-10)6-11-8-3-1-2-4-8;/h7-8,10H,1-6,9H2;1H/t7-;/m0./s1. The summed E-state index contributed by atoms with van der Waals surface area (Å²) in [5.41, 5.74) is 5.48. The lowest BCUT2D eigenvalue weighted by atomic mass is 10.3. The Balaban J connectivity index is 0.00000121. The lowest BCUT2D eigenvalue weighted by Crippen LogP contribution is -2.31. The molecule has 1 aliphatic rings. The van der Waals surface area contributed by atoms with Crippen LogP contribution in [0.5, 0.6) is 0 Å². The Labute approximate surface area is 79.7 Å². The summed E-state index contributed by atoms with van der Waals surface area (Å²) in [6.45, 7) is 0.522. The Kier molecular flexibility index (Phi) is 6.76. The summed E-state index contributed by atoms with van der Waals surface area (Å²) < 4.78 is 5.47. The van der Waals surface area contributed by atoms with Crippen molar-refractivity contribution in [1.82, 2.24) is 0 Å². The van der Waals surface area contributed by atoms with Gasteiger partial charge in [0.25, 0.3) is 0 Å². The van der Waals surface area contributed by atoms with Crippen LogP contribution in [0, 0.1) is 0 Å². The average molecular weight is 196 g/mol. The van der Waals surface area contributed by atoms with Crippen LogP contribution in [0.15, 0.2) is 0 Å². The van der Waals surface area contributed by atoms with Crippen LogP contribution in [0.3, 0.4) is 0 Å². The predicted octanol–water partition coefficient (Wildman–Crippen LogP) is 0.687. The Morgan fingerprint density at radius 3 is 2.50 bits per heavy atom. The number of hydrogen-bond donors (Lipinski definition) is 2. The monoisotopic (exact) mass is 195 g/mol. The molecule has 0 aliphatic heterocycles. The third kappa shape index (κ3) is 4.26. The van der Waals surface area contributed by atoms with Crippen molar-refractivity contribution in [3.63, 3.8) is 0 Å². The van der Waals surface area contributed by atoms with Gasteiger partial charge in [-0.15, -0.1) is 12.4 Å². The maximum absolute atomic E-state index is 8.60. The second kappa shape index (κ2) is 6.66. The van der Waals surface area contributed by atoms with Crippen LogP contribution >= 0.6 is 12.4 Å². The second-order valence-corrected chi connectivity index (χ2v) is 3.18. The van der Waals surface area contributed by atoms with Crippen molar-refractivity contribution in [2.45, 2.75) is 37.8 Å². The van der Waals surface area contributed by atoms with E-state index in [1.165, 1.54) is 12.8 Å². The Bertz CT molecular complexity index is 107. The van der Waals surface area contributed by atoms with Gasteiger partial charge < -0.3 is 15.6 Å².